The van der Waals surface area contributed by atoms with Gasteiger partial charge in [0.15, 0.2) is 0 Å². The van der Waals surface area contributed by atoms with Crippen molar-refractivity contribution in [1.29, 1.82) is 0 Å². The van der Waals surface area contributed by atoms with Crippen LogP contribution in [0, 0.1) is 48.1 Å². The van der Waals surface area contributed by atoms with Crippen molar-refractivity contribution in [3.8, 4) is 5.75 Å². The smallest absolute Gasteiger partial charge is 0.397 e. The maximum atomic E-state index is 14.4. The lowest BCUT2D eigenvalue weighted by molar-refractivity contribution is -0.181. The molecule has 1 nitrogen and oxygen atoms in total. The number of hydrogen-bond donors (Lipinski definition) is 0. The quantitative estimate of drug-likeness (QED) is 0.198. The lowest BCUT2D eigenvalue weighted by Crippen LogP contribution is -2.31. The van der Waals surface area contributed by atoms with Crippen molar-refractivity contribution >= 4 is 11.8 Å². The number of benzene rings is 1. The van der Waals surface area contributed by atoms with Gasteiger partial charge >= 0.3 is 6.11 Å². The Bertz CT molecular complexity index is 830. The van der Waals surface area contributed by atoms with Crippen LogP contribution in [0.4, 0.5) is 17.6 Å². The van der Waals surface area contributed by atoms with Crippen LogP contribution in [0.15, 0.2) is 12.1 Å². The van der Waals surface area contributed by atoms with Gasteiger partial charge in [-0.15, -0.1) is 0 Å². The Balaban J connectivity index is 1.12. The van der Waals surface area contributed by atoms with Gasteiger partial charge in [0.2, 0.25) is 0 Å². The first-order chi connectivity index (χ1) is 18.2. The van der Waals surface area contributed by atoms with E-state index in [-0.39, 0.29) is 10.8 Å². The van der Waals surface area contributed by atoms with Gasteiger partial charge < -0.3 is 4.74 Å². The third-order valence-corrected chi connectivity index (χ3v) is 11.5. The molecule has 6 heteroatoms. The number of rotatable bonds is 11. The van der Waals surface area contributed by atoms with Gasteiger partial charge in [0.05, 0.1) is 6.42 Å². The maximum Gasteiger partial charge on any atom is 0.397 e. The van der Waals surface area contributed by atoms with Gasteiger partial charge in [0, 0.05) is 22.9 Å². The molecule has 0 N–H and O–H groups in total. The predicted molar refractivity (Wildman–Crippen MR) is 150 cm³/mol. The third-order valence-electron chi connectivity index (χ3n) is 9.94. The highest BCUT2D eigenvalue weighted by Crippen LogP contribution is 2.46. The molecule has 2 saturated carbocycles. The second-order valence-electron chi connectivity index (χ2n) is 12.5. The summed E-state index contributed by atoms with van der Waals surface area (Å²) in [6.07, 6.45) is 15.5. The zero-order valence-electron chi connectivity index (χ0n) is 23.5. The minimum absolute atomic E-state index is 0.192. The molecule has 1 saturated heterocycles. The Morgan fingerprint density at radius 3 is 1.89 bits per heavy atom. The van der Waals surface area contributed by atoms with E-state index in [0.29, 0.717) is 6.42 Å². The van der Waals surface area contributed by atoms with Crippen LogP contribution in [0.2, 0.25) is 0 Å². The van der Waals surface area contributed by atoms with Crippen LogP contribution in [0.1, 0.15) is 115 Å². The first kappa shape index (κ1) is 30.1. The van der Waals surface area contributed by atoms with Crippen molar-refractivity contribution in [3.63, 3.8) is 0 Å². The molecule has 3 aliphatic rings. The fourth-order valence-corrected chi connectivity index (χ4v) is 8.92. The van der Waals surface area contributed by atoms with Crippen molar-refractivity contribution in [2.75, 3.05) is 5.75 Å². The number of hydrogen-bond acceptors (Lipinski definition) is 2. The van der Waals surface area contributed by atoms with E-state index in [1.165, 1.54) is 84.0 Å². The van der Waals surface area contributed by atoms with E-state index in [0.717, 1.165) is 60.3 Å². The summed E-state index contributed by atoms with van der Waals surface area (Å²) < 4.78 is 60.9. The number of unbranched alkanes of at least 4 members (excludes halogenated alkanes) is 2. The lowest BCUT2D eigenvalue weighted by atomic mass is 9.66. The Hall–Kier alpha value is -0.910. The molecule has 1 aliphatic heterocycles. The van der Waals surface area contributed by atoms with Gasteiger partial charge in [0.25, 0.3) is 0 Å². The first-order valence-corrected chi connectivity index (χ1v) is 16.4. The fourth-order valence-electron chi connectivity index (χ4n) is 7.38. The van der Waals surface area contributed by atoms with Crippen LogP contribution in [-0.2, 0) is 0 Å². The van der Waals surface area contributed by atoms with Crippen LogP contribution >= 0.6 is 11.8 Å². The van der Waals surface area contributed by atoms with Gasteiger partial charge in [-0.3, -0.25) is 0 Å². The molecule has 2 atom stereocenters. The van der Waals surface area contributed by atoms with E-state index in [4.69, 9.17) is 4.74 Å². The van der Waals surface area contributed by atoms with Crippen molar-refractivity contribution < 1.29 is 22.3 Å². The minimum Gasteiger partial charge on any atom is -0.432 e. The highest BCUT2D eigenvalue weighted by atomic mass is 32.2. The molecule has 3 fully saturated rings. The van der Waals surface area contributed by atoms with Gasteiger partial charge in [-0.05, 0) is 100 Å². The number of alkyl halides is 2. The molecule has 1 heterocycles. The molecule has 0 bridgehead atoms. The molecule has 0 radical (unpaired) electrons. The molecule has 2 unspecified atom stereocenters. The molecule has 4 rings (SSSR count). The Kier molecular flexibility index (Phi) is 11.2. The zero-order valence-corrected chi connectivity index (χ0v) is 24.3. The van der Waals surface area contributed by atoms with Gasteiger partial charge in [-0.2, -0.15) is 20.5 Å². The van der Waals surface area contributed by atoms with Crippen LogP contribution in [0.25, 0.3) is 0 Å². The summed E-state index contributed by atoms with van der Waals surface area (Å²) in [5.41, 5.74) is -0.192. The minimum atomic E-state index is -3.43. The summed E-state index contributed by atoms with van der Waals surface area (Å²) >= 11 is 1.85. The van der Waals surface area contributed by atoms with Gasteiger partial charge in [-0.25, -0.2) is 8.78 Å². The molecular formula is C32H48F4OS. The van der Waals surface area contributed by atoms with Crippen molar-refractivity contribution in [2.45, 2.75) is 128 Å². The average molecular weight is 557 g/mol. The molecule has 216 valence electrons. The largest absolute Gasteiger partial charge is 0.432 e. The summed E-state index contributed by atoms with van der Waals surface area (Å²) in [4.78, 5) is 0. The van der Waals surface area contributed by atoms with Crippen molar-refractivity contribution in [3.05, 3.63) is 29.3 Å². The van der Waals surface area contributed by atoms with Crippen molar-refractivity contribution in [2.24, 2.45) is 29.6 Å². The number of thioether (sulfide) groups is 1. The fraction of sp³-hybridized carbons (Fsp3) is 0.812. The molecule has 1 aromatic carbocycles. The van der Waals surface area contributed by atoms with Crippen LogP contribution in [0.5, 0.6) is 5.75 Å². The van der Waals surface area contributed by atoms with Crippen LogP contribution in [-0.4, -0.2) is 17.1 Å². The van der Waals surface area contributed by atoms with E-state index < -0.39 is 29.9 Å². The average Bonchev–Trinajstić information content (AvgIpc) is 2.91. The summed E-state index contributed by atoms with van der Waals surface area (Å²) in [7, 11) is 0. The standard InChI is InChI=1S/C32H48F4OS/c1-3-4-5-6-23-7-9-24(10-8-23)25-11-13-26(14-12-25)27-15-16-29(38-21-27)17-18-32(35,36)37-28-19-30(33)22(2)31(34)20-28/h19-20,23-27,29H,3-18,21H2,1-2H3. The van der Waals surface area contributed by atoms with Crippen LogP contribution < -0.4 is 4.74 Å². The van der Waals surface area contributed by atoms with Crippen molar-refractivity contribution in [1.82, 2.24) is 0 Å². The summed E-state index contributed by atoms with van der Waals surface area (Å²) in [5.74, 6) is 3.29. The van der Waals surface area contributed by atoms with E-state index in [9.17, 15) is 17.6 Å². The number of halogens is 4. The molecule has 1 aromatic rings. The van der Waals surface area contributed by atoms with Crippen LogP contribution in [0.3, 0.4) is 0 Å². The molecule has 38 heavy (non-hydrogen) atoms. The second kappa shape index (κ2) is 14.1. The van der Waals surface area contributed by atoms with Gasteiger partial charge in [0.1, 0.15) is 17.4 Å². The molecule has 2 aliphatic carbocycles. The molecular weight excluding hydrogens is 508 g/mol. The molecule has 0 spiro atoms. The topological polar surface area (TPSA) is 9.23 Å². The molecule has 0 aromatic heterocycles. The number of ether oxygens (including phenoxy) is 1. The first-order valence-electron chi connectivity index (χ1n) is 15.4. The zero-order chi connectivity index (χ0) is 27.1. The summed E-state index contributed by atoms with van der Waals surface area (Å²) in [5, 5.41) is 0.205. The predicted octanol–water partition coefficient (Wildman–Crippen LogP) is 10.7. The Labute approximate surface area is 232 Å². The highest BCUT2D eigenvalue weighted by Gasteiger charge is 2.37. The summed E-state index contributed by atoms with van der Waals surface area (Å²) in [6, 6.07) is 1.67. The SMILES string of the molecule is CCCCCC1CCC(C2CCC(C3CCC(CCC(F)(F)Oc4cc(F)c(C)c(F)c4)SC3)CC2)CC1. The second-order valence-corrected chi connectivity index (χ2v) is 13.9. The van der Waals surface area contributed by atoms with E-state index in [1.807, 2.05) is 11.8 Å². The van der Waals surface area contributed by atoms with Gasteiger partial charge in [-0.1, -0.05) is 45.4 Å². The highest BCUT2D eigenvalue weighted by molar-refractivity contribution is 7.99. The Morgan fingerprint density at radius 2 is 1.34 bits per heavy atom. The molecule has 0 amide bonds. The monoisotopic (exact) mass is 556 g/mol. The Morgan fingerprint density at radius 1 is 0.789 bits per heavy atom. The summed E-state index contributed by atoms with van der Waals surface area (Å²) in [6.45, 7) is 3.56. The normalized spacial score (nSPS) is 30.8. The van der Waals surface area contributed by atoms with E-state index >= 15 is 0 Å². The maximum absolute atomic E-state index is 14.4. The van der Waals surface area contributed by atoms with E-state index in [1.54, 1.807) is 0 Å². The van der Waals surface area contributed by atoms with E-state index in [2.05, 4.69) is 6.92 Å². The lowest BCUT2D eigenvalue weighted by Gasteiger charge is -2.41. The third kappa shape index (κ3) is 8.54.